The largest absolute Gasteiger partial charge is 0.508 e. The SMILES string of the molecule is CCCCCCCCCc1ccc(O)c(CS(=O)(=O)O)c1. The lowest BCUT2D eigenvalue weighted by molar-refractivity contribution is 0.461. The fourth-order valence-electron chi connectivity index (χ4n) is 2.39. The van der Waals surface area contributed by atoms with Crippen LogP contribution in [0.5, 0.6) is 5.75 Å². The van der Waals surface area contributed by atoms with Gasteiger partial charge in [0.15, 0.2) is 0 Å². The van der Waals surface area contributed by atoms with Gasteiger partial charge in [-0.15, -0.1) is 0 Å². The predicted octanol–water partition coefficient (Wildman–Crippen LogP) is 4.07. The van der Waals surface area contributed by atoms with Gasteiger partial charge < -0.3 is 5.11 Å². The summed E-state index contributed by atoms with van der Waals surface area (Å²) >= 11 is 0. The first kappa shape index (κ1) is 18.0. The maximum atomic E-state index is 10.9. The summed E-state index contributed by atoms with van der Waals surface area (Å²) in [5.74, 6) is -0.625. The zero-order valence-electron chi connectivity index (χ0n) is 12.7. The highest BCUT2D eigenvalue weighted by atomic mass is 32.2. The number of hydrogen-bond donors (Lipinski definition) is 2. The van der Waals surface area contributed by atoms with E-state index < -0.39 is 15.9 Å². The average molecular weight is 314 g/mol. The van der Waals surface area contributed by atoms with E-state index in [1.165, 1.54) is 38.2 Å². The van der Waals surface area contributed by atoms with Crippen LogP contribution in [-0.4, -0.2) is 18.1 Å². The second-order valence-corrected chi connectivity index (χ2v) is 7.01. The molecule has 0 amide bonds. The molecule has 0 saturated carbocycles. The van der Waals surface area contributed by atoms with Crippen molar-refractivity contribution < 1.29 is 18.1 Å². The minimum Gasteiger partial charge on any atom is -0.508 e. The number of unbranched alkanes of at least 4 members (excludes halogenated alkanes) is 6. The van der Waals surface area contributed by atoms with Crippen LogP contribution in [0.4, 0.5) is 0 Å². The van der Waals surface area contributed by atoms with Crippen LogP contribution in [0.3, 0.4) is 0 Å². The maximum Gasteiger partial charge on any atom is 0.269 e. The normalized spacial score (nSPS) is 11.7. The van der Waals surface area contributed by atoms with Gasteiger partial charge in [0.25, 0.3) is 10.1 Å². The van der Waals surface area contributed by atoms with Gasteiger partial charge in [0.2, 0.25) is 0 Å². The van der Waals surface area contributed by atoms with Gasteiger partial charge in [-0.05, 0) is 24.5 Å². The molecule has 1 aromatic carbocycles. The molecule has 0 aliphatic rings. The second kappa shape index (κ2) is 9.05. The van der Waals surface area contributed by atoms with Gasteiger partial charge in [-0.3, -0.25) is 4.55 Å². The highest BCUT2D eigenvalue weighted by Gasteiger charge is 2.11. The summed E-state index contributed by atoms with van der Waals surface area (Å²) in [6, 6.07) is 4.97. The molecule has 5 heteroatoms. The molecule has 2 N–H and O–H groups in total. The smallest absolute Gasteiger partial charge is 0.269 e. The Morgan fingerprint density at radius 3 is 2.24 bits per heavy atom. The zero-order valence-corrected chi connectivity index (χ0v) is 13.5. The molecular formula is C16H26O4S. The van der Waals surface area contributed by atoms with Crippen molar-refractivity contribution in [3.8, 4) is 5.75 Å². The first-order chi connectivity index (χ1) is 9.92. The second-order valence-electron chi connectivity index (χ2n) is 5.56. The topological polar surface area (TPSA) is 74.6 Å². The zero-order chi connectivity index (χ0) is 15.7. The van der Waals surface area contributed by atoms with Gasteiger partial charge in [-0.1, -0.05) is 57.6 Å². The first-order valence-electron chi connectivity index (χ1n) is 7.68. The lowest BCUT2D eigenvalue weighted by atomic mass is 10.0. The molecule has 0 unspecified atom stereocenters. The van der Waals surface area contributed by atoms with Crippen LogP contribution < -0.4 is 0 Å². The summed E-state index contributed by atoms with van der Waals surface area (Å²) in [5, 5.41) is 9.61. The summed E-state index contributed by atoms with van der Waals surface area (Å²) < 4.78 is 30.7. The molecule has 120 valence electrons. The van der Waals surface area contributed by atoms with Crippen molar-refractivity contribution in [2.24, 2.45) is 0 Å². The van der Waals surface area contributed by atoms with E-state index >= 15 is 0 Å². The molecule has 0 atom stereocenters. The van der Waals surface area contributed by atoms with Gasteiger partial charge in [-0.25, -0.2) is 0 Å². The summed E-state index contributed by atoms with van der Waals surface area (Å²) in [4.78, 5) is 0. The van der Waals surface area contributed by atoms with Crippen LogP contribution in [0.2, 0.25) is 0 Å². The molecular weight excluding hydrogens is 288 g/mol. The van der Waals surface area contributed by atoms with E-state index in [0.717, 1.165) is 24.8 Å². The number of hydrogen-bond acceptors (Lipinski definition) is 3. The molecule has 21 heavy (non-hydrogen) atoms. The molecule has 1 aromatic rings. The average Bonchev–Trinajstić information content (AvgIpc) is 2.39. The van der Waals surface area contributed by atoms with Crippen LogP contribution in [0, 0.1) is 0 Å². The van der Waals surface area contributed by atoms with E-state index in [0.29, 0.717) is 0 Å². The van der Waals surface area contributed by atoms with Gasteiger partial charge in [-0.2, -0.15) is 8.42 Å². The molecule has 0 fully saturated rings. The molecule has 1 rings (SSSR count). The van der Waals surface area contributed by atoms with Crippen LogP contribution in [0.15, 0.2) is 18.2 Å². The van der Waals surface area contributed by atoms with E-state index in [1.54, 1.807) is 12.1 Å². The van der Waals surface area contributed by atoms with Gasteiger partial charge in [0, 0.05) is 5.56 Å². The number of aromatic hydroxyl groups is 1. The third-order valence-electron chi connectivity index (χ3n) is 3.55. The van der Waals surface area contributed by atoms with Crippen molar-refractivity contribution in [2.75, 3.05) is 0 Å². The Labute approximate surface area is 128 Å². The molecule has 0 aliphatic carbocycles. The maximum absolute atomic E-state index is 10.9. The van der Waals surface area contributed by atoms with Crippen molar-refractivity contribution in [3.63, 3.8) is 0 Å². The van der Waals surface area contributed by atoms with E-state index in [1.807, 2.05) is 0 Å². The molecule has 0 saturated heterocycles. The third-order valence-corrected chi connectivity index (χ3v) is 4.23. The highest BCUT2D eigenvalue weighted by Crippen LogP contribution is 2.22. The van der Waals surface area contributed by atoms with E-state index in [-0.39, 0.29) is 11.3 Å². The number of benzene rings is 1. The lowest BCUT2D eigenvalue weighted by Gasteiger charge is -2.07. The Kier molecular flexibility index (Phi) is 7.75. The van der Waals surface area contributed by atoms with Crippen LogP contribution in [0.1, 0.15) is 63.0 Å². The molecule has 4 nitrogen and oxygen atoms in total. The summed E-state index contributed by atoms with van der Waals surface area (Å²) in [6.45, 7) is 2.20. The fraction of sp³-hybridized carbons (Fsp3) is 0.625. The minimum atomic E-state index is -4.11. The number of aryl methyl sites for hydroxylation is 1. The third kappa shape index (κ3) is 8.07. The standard InChI is InChI=1S/C16H26O4S/c1-2-3-4-5-6-7-8-9-14-10-11-16(17)15(12-14)13-21(18,19)20/h10-12,17H,2-9,13H2,1H3,(H,18,19,20). The van der Waals surface area contributed by atoms with Crippen LogP contribution >= 0.6 is 0 Å². The number of phenols is 1. The molecule has 0 aliphatic heterocycles. The van der Waals surface area contributed by atoms with Crippen molar-refractivity contribution in [1.82, 2.24) is 0 Å². The Hall–Kier alpha value is -1.07. The summed E-state index contributed by atoms with van der Waals surface area (Å²) in [5.41, 5.74) is 1.26. The molecule has 0 spiro atoms. The lowest BCUT2D eigenvalue weighted by Crippen LogP contribution is -2.02. The van der Waals surface area contributed by atoms with E-state index in [4.69, 9.17) is 4.55 Å². The quantitative estimate of drug-likeness (QED) is 0.504. The number of phenolic OH excluding ortho intramolecular Hbond substituents is 1. The molecule has 0 heterocycles. The number of rotatable bonds is 10. The Morgan fingerprint density at radius 2 is 1.62 bits per heavy atom. The molecule has 0 bridgehead atoms. The van der Waals surface area contributed by atoms with Gasteiger partial charge >= 0.3 is 0 Å². The van der Waals surface area contributed by atoms with E-state index in [2.05, 4.69) is 6.92 Å². The van der Waals surface area contributed by atoms with Gasteiger partial charge in [0.05, 0.1) is 0 Å². The van der Waals surface area contributed by atoms with Gasteiger partial charge in [0.1, 0.15) is 11.5 Å². The molecule has 0 aromatic heterocycles. The van der Waals surface area contributed by atoms with Crippen molar-refractivity contribution in [3.05, 3.63) is 29.3 Å². The first-order valence-corrected chi connectivity index (χ1v) is 9.29. The monoisotopic (exact) mass is 314 g/mol. The van der Waals surface area contributed by atoms with Crippen molar-refractivity contribution in [2.45, 2.75) is 64.0 Å². The summed E-state index contributed by atoms with van der Waals surface area (Å²) in [7, 11) is -4.11. The van der Waals surface area contributed by atoms with Crippen LogP contribution in [-0.2, 0) is 22.3 Å². The highest BCUT2D eigenvalue weighted by molar-refractivity contribution is 7.85. The Bertz CT molecular complexity index is 523. The predicted molar refractivity (Wildman–Crippen MR) is 85.1 cm³/mol. The minimum absolute atomic E-state index is 0.0871. The molecule has 0 radical (unpaired) electrons. The van der Waals surface area contributed by atoms with Crippen molar-refractivity contribution >= 4 is 10.1 Å². The summed E-state index contributed by atoms with van der Waals surface area (Å²) in [6.07, 6.45) is 9.45. The van der Waals surface area contributed by atoms with Crippen LogP contribution in [0.25, 0.3) is 0 Å². The van der Waals surface area contributed by atoms with E-state index in [9.17, 15) is 13.5 Å². The fourth-order valence-corrected chi connectivity index (χ4v) is 3.02. The Balaban J connectivity index is 2.40. The van der Waals surface area contributed by atoms with Crippen molar-refractivity contribution in [1.29, 1.82) is 0 Å². The Morgan fingerprint density at radius 1 is 1.00 bits per heavy atom.